The summed E-state index contributed by atoms with van der Waals surface area (Å²) in [5.41, 5.74) is 8.41. The first-order valence-corrected chi connectivity index (χ1v) is 9.43. The molecular weight excluding hydrogens is 413 g/mol. The van der Waals surface area contributed by atoms with Crippen LogP contribution in [-0.2, 0) is 22.6 Å². The lowest BCUT2D eigenvalue weighted by Crippen LogP contribution is -2.46. The van der Waals surface area contributed by atoms with E-state index in [-0.39, 0.29) is 49.1 Å². The maximum atomic E-state index is 12.0. The molecule has 0 saturated carbocycles. The van der Waals surface area contributed by atoms with E-state index in [1.807, 2.05) is 38.1 Å². The zero-order valence-electron chi connectivity index (χ0n) is 16.7. The highest BCUT2D eigenvalue weighted by Gasteiger charge is 2.17. The van der Waals surface area contributed by atoms with Gasteiger partial charge in [0, 0.05) is 30.4 Å². The minimum atomic E-state index is -0.613. The molecule has 0 unspecified atom stereocenters. The quantitative estimate of drug-likeness (QED) is 0.640. The molecule has 1 atom stereocenters. The average molecular weight is 442 g/mol. The van der Waals surface area contributed by atoms with Gasteiger partial charge < -0.3 is 20.9 Å². The summed E-state index contributed by atoms with van der Waals surface area (Å²) in [7, 11) is 0. The Bertz CT molecular complexity index is 797. The molecular formula is C20H29Cl2N5O2. The van der Waals surface area contributed by atoms with Crippen LogP contribution in [0.1, 0.15) is 32.5 Å². The van der Waals surface area contributed by atoms with Crippen LogP contribution in [0.25, 0.3) is 11.3 Å². The van der Waals surface area contributed by atoms with Gasteiger partial charge >= 0.3 is 0 Å². The molecule has 29 heavy (non-hydrogen) atoms. The van der Waals surface area contributed by atoms with Crippen LogP contribution >= 0.6 is 24.8 Å². The summed E-state index contributed by atoms with van der Waals surface area (Å²) in [6, 6.07) is 6.95. The predicted molar refractivity (Wildman–Crippen MR) is 120 cm³/mol. The summed E-state index contributed by atoms with van der Waals surface area (Å²) in [4.78, 5) is 28.5. The summed E-state index contributed by atoms with van der Waals surface area (Å²) in [5, 5.41) is 5.33. The Balaban J connectivity index is 0.00000210. The fourth-order valence-electron chi connectivity index (χ4n) is 3.07. The third kappa shape index (κ3) is 6.45. The van der Waals surface area contributed by atoms with Crippen molar-refractivity contribution in [3.63, 3.8) is 0 Å². The summed E-state index contributed by atoms with van der Waals surface area (Å²) < 4.78 is 2.22. The van der Waals surface area contributed by atoms with Crippen molar-refractivity contribution in [2.45, 2.75) is 45.7 Å². The number of hydrogen-bond donors (Lipinski definition) is 3. The summed E-state index contributed by atoms with van der Waals surface area (Å²) in [5.74, 6) is 0.557. The van der Waals surface area contributed by atoms with Crippen molar-refractivity contribution in [2.24, 2.45) is 11.7 Å². The number of hydrogen-bond acceptors (Lipinski definition) is 4. The molecule has 0 fully saturated rings. The molecule has 0 saturated heterocycles. The van der Waals surface area contributed by atoms with Crippen LogP contribution in [0.5, 0.6) is 0 Å². The molecule has 1 aromatic carbocycles. The number of aryl methyl sites for hydroxylation is 2. The Morgan fingerprint density at radius 3 is 2.48 bits per heavy atom. The Kier molecular flexibility index (Phi) is 9.62. The number of imidazole rings is 1. The molecule has 9 heteroatoms. The van der Waals surface area contributed by atoms with E-state index in [1.165, 1.54) is 12.8 Å². The molecule has 160 valence electrons. The zero-order valence-corrected chi connectivity index (χ0v) is 18.3. The second kappa shape index (κ2) is 11.2. The monoisotopic (exact) mass is 441 g/mol. The Morgan fingerprint density at radius 2 is 1.86 bits per heavy atom. The number of nitrogens with two attached hydrogens (primary N) is 1. The number of amides is 2. The number of carbonyl (C=O) groups is 2. The van der Waals surface area contributed by atoms with Gasteiger partial charge in [0.1, 0.15) is 5.82 Å². The van der Waals surface area contributed by atoms with E-state index in [2.05, 4.69) is 21.4 Å². The molecule has 3 rings (SSSR count). The highest BCUT2D eigenvalue weighted by Crippen LogP contribution is 2.23. The number of carbonyl (C=O) groups excluding carboxylic acids is 2. The second-order valence-corrected chi connectivity index (χ2v) is 7.31. The number of rotatable bonds is 6. The Hall–Kier alpha value is -2.09. The van der Waals surface area contributed by atoms with E-state index < -0.39 is 6.04 Å². The third-order valence-electron chi connectivity index (χ3n) is 4.82. The van der Waals surface area contributed by atoms with E-state index >= 15 is 0 Å². The minimum Gasteiger partial charge on any atom is -0.346 e. The third-order valence-corrected chi connectivity index (χ3v) is 4.82. The second-order valence-electron chi connectivity index (χ2n) is 7.31. The van der Waals surface area contributed by atoms with Gasteiger partial charge in [-0.3, -0.25) is 9.59 Å². The Labute approximate surface area is 183 Å². The van der Waals surface area contributed by atoms with Crippen molar-refractivity contribution in [1.29, 1.82) is 0 Å². The molecule has 2 amide bonds. The van der Waals surface area contributed by atoms with Crippen LogP contribution in [0.15, 0.2) is 30.5 Å². The van der Waals surface area contributed by atoms with Gasteiger partial charge in [-0.15, -0.1) is 24.8 Å². The fraction of sp³-hybridized carbons (Fsp3) is 0.450. The van der Waals surface area contributed by atoms with Gasteiger partial charge in [-0.05, 0) is 30.9 Å². The zero-order chi connectivity index (χ0) is 19.4. The molecule has 2 aromatic rings. The standard InChI is InChI=1S/C20H27N5O2.2ClH/c1-13(2)19(21)20(27)22-11-18(26)23-15-8-6-14(7-9-15)16-12-25-10-4-3-5-17(25)24-16;;/h6-9,12-13,19H,3-5,10-11,21H2,1-2H3,(H,22,27)(H,23,26);2*1H/t19-;;/m0../s1. The molecule has 0 bridgehead atoms. The van der Waals surface area contributed by atoms with Crippen molar-refractivity contribution >= 4 is 42.3 Å². The first kappa shape index (κ1) is 24.9. The van der Waals surface area contributed by atoms with Crippen LogP contribution in [-0.4, -0.2) is 34.0 Å². The predicted octanol–water partition coefficient (Wildman–Crippen LogP) is 2.77. The number of benzene rings is 1. The number of nitrogens with zero attached hydrogens (tertiary/aromatic N) is 2. The lowest BCUT2D eigenvalue weighted by atomic mass is 10.1. The van der Waals surface area contributed by atoms with Crippen molar-refractivity contribution in [3.8, 4) is 11.3 Å². The van der Waals surface area contributed by atoms with Gasteiger partial charge in [-0.1, -0.05) is 26.0 Å². The molecule has 0 aliphatic carbocycles. The van der Waals surface area contributed by atoms with E-state index in [4.69, 9.17) is 10.7 Å². The normalized spacial score (nSPS) is 13.5. The molecule has 0 spiro atoms. The first-order valence-electron chi connectivity index (χ1n) is 9.43. The van der Waals surface area contributed by atoms with Crippen molar-refractivity contribution < 1.29 is 9.59 Å². The number of aromatic nitrogens is 2. The van der Waals surface area contributed by atoms with E-state index in [0.717, 1.165) is 30.0 Å². The smallest absolute Gasteiger partial charge is 0.243 e. The number of anilines is 1. The average Bonchev–Trinajstić information content (AvgIpc) is 3.10. The molecule has 1 aromatic heterocycles. The number of fused-ring (bicyclic) bond motifs is 1. The SMILES string of the molecule is CC(C)[C@H](N)C(=O)NCC(=O)Nc1ccc(-c2cn3c(n2)CCCC3)cc1.Cl.Cl. The molecule has 1 aliphatic heterocycles. The highest BCUT2D eigenvalue weighted by molar-refractivity contribution is 5.95. The number of halogens is 2. The van der Waals surface area contributed by atoms with Crippen molar-refractivity contribution in [1.82, 2.24) is 14.9 Å². The van der Waals surface area contributed by atoms with Crippen LogP contribution in [0.2, 0.25) is 0 Å². The van der Waals surface area contributed by atoms with E-state index in [1.54, 1.807) is 0 Å². The van der Waals surface area contributed by atoms with Crippen LogP contribution < -0.4 is 16.4 Å². The molecule has 2 heterocycles. The molecule has 7 nitrogen and oxygen atoms in total. The number of nitrogens with one attached hydrogen (secondary N) is 2. The Morgan fingerprint density at radius 1 is 1.17 bits per heavy atom. The minimum absolute atomic E-state index is 0. The molecule has 1 aliphatic rings. The van der Waals surface area contributed by atoms with Gasteiger partial charge in [-0.25, -0.2) is 4.98 Å². The van der Waals surface area contributed by atoms with Gasteiger partial charge in [0.15, 0.2) is 0 Å². The van der Waals surface area contributed by atoms with Gasteiger partial charge in [0.2, 0.25) is 11.8 Å². The van der Waals surface area contributed by atoms with Gasteiger partial charge in [0.25, 0.3) is 0 Å². The van der Waals surface area contributed by atoms with Gasteiger partial charge in [0.05, 0.1) is 18.3 Å². The summed E-state index contributed by atoms with van der Waals surface area (Å²) >= 11 is 0. The first-order chi connectivity index (χ1) is 12.9. The van der Waals surface area contributed by atoms with E-state index in [0.29, 0.717) is 5.69 Å². The fourth-order valence-corrected chi connectivity index (χ4v) is 3.07. The van der Waals surface area contributed by atoms with Crippen LogP contribution in [0.3, 0.4) is 0 Å². The van der Waals surface area contributed by atoms with Crippen LogP contribution in [0, 0.1) is 5.92 Å². The lowest BCUT2D eigenvalue weighted by molar-refractivity contribution is -0.125. The van der Waals surface area contributed by atoms with E-state index in [9.17, 15) is 9.59 Å². The molecule has 0 radical (unpaired) electrons. The lowest BCUT2D eigenvalue weighted by Gasteiger charge is -2.15. The maximum Gasteiger partial charge on any atom is 0.243 e. The maximum absolute atomic E-state index is 12.0. The van der Waals surface area contributed by atoms with Crippen LogP contribution in [0.4, 0.5) is 5.69 Å². The topological polar surface area (TPSA) is 102 Å². The molecule has 4 N–H and O–H groups in total. The van der Waals surface area contributed by atoms with Gasteiger partial charge in [-0.2, -0.15) is 0 Å². The van der Waals surface area contributed by atoms with Crippen molar-refractivity contribution in [2.75, 3.05) is 11.9 Å². The van der Waals surface area contributed by atoms with Crippen molar-refractivity contribution in [3.05, 3.63) is 36.3 Å². The largest absolute Gasteiger partial charge is 0.346 e. The highest BCUT2D eigenvalue weighted by atomic mass is 35.5. The summed E-state index contributed by atoms with van der Waals surface area (Å²) in [6.07, 6.45) is 5.52. The summed E-state index contributed by atoms with van der Waals surface area (Å²) in [6.45, 7) is 4.65.